The van der Waals surface area contributed by atoms with E-state index in [0.717, 1.165) is 37.6 Å². The first-order valence-corrected chi connectivity index (χ1v) is 7.49. The van der Waals surface area contributed by atoms with Gasteiger partial charge >= 0.3 is 0 Å². The van der Waals surface area contributed by atoms with Crippen molar-refractivity contribution < 1.29 is 9.47 Å². The maximum atomic E-state index is 6.00. The lowest BCUT2D eigenvalue weighted by Crippen LogP contribution is -2.32. The Morgan fingerprint density at radius 1 is 1.16 bits per heavy atom. The third-order valence-corrected chi connectivity index (χ3v) is 3.42. The zero-order valence-electron chi connectivity index (χ0n) is 11.9. The van der Waals surface area contributed by atoms with Gasteiger partial charge in [-0.25, -0.2) is 0 Å². The minimum Gasteiger partial charge on any atom is -0.490 e. The van der Waals surface area contributed by atoms with Crippen LogP contribution in [0.1, 0.15) is 39.0 Å². The van der Waals surface area contributed by atoms with Crippen LogP contribution < -0.4 is 14.8 Å². The van der Waals surface area contributed by atoms with E-state index in [0.29, 0.717) is 0 Å². The maximum absolute atomic E-state index is 6.00. The number of rotatable bonds is 7. The molecule has 1 aliphatic heterocycles. The molecule has 2 rings (SSSR count). The lowest BCUT2D eigenvalue weighted by molar-refractivity contribution is 0.187. The third-order valence-electron chi connectivity index (χ3n) is 3.42. The van der Waals surface area contributed by atoms with E-state index in [-0.39, 0.29) is 6.10 Å². The zero-order chi connectivity index (χ0) is 13.3. The van der Waals surface area contributed by atoms with Gasteiger partial charge < -0.3 is 14.8 Å². The van der Waals surface area contributed by atoms with E-state index in [1.54, 1.807) is 0 Å². The van der Waals surface area contributed by atoms with E-state index >= 15 is 0 Å². The fourth-order valence-electron chi connectivity index (χ4n) is 2.29. The van der Waals surface area contributed by atoms with Crippen LogP contribution in [-0.4, -0.2) is 25.8 Å². The average molecular weight is 263 g/mol. The fraction of sp³-hybridized carbons (Fsp3) is 0.625. The second-order valence-electron chi connectivity index (χ2n) is 5.09. The molecule has 19 heavy (non-hydrogen) atoms. The molecule has 0 spiro atoms. The number of nitrogens with one attached hydrogen (secondary N) is 1. The summed E-state index contributed by atoms with van der Waals surface area (Å²) < 4.78 is 11.7. The Labute approximate surface area is 116 Å². The largest absolute Gasteiger partial charge is 0.490 e. The Balaban J connectivity index is 1.70. The molecule has 3 heteroatoms. The summed E-state index contributed by atoms with van der Waals surface area (Å²) in [4.78, 5) is 0. The van der Waals surface area contributed by atoms with E-state index in [1.807, 2.05) is 24.3 Å². The summed E-state index contributed by atoms with van der Waals surface area (Å²) in [5.41, 5.74) is 0. The van der Waals surface area contributed by atoms with Crippen LogP contribution in [0.5, 0.6) is 11.5 Å². The van der Waals surface area contributed by atoms with Crippen LogP contribution in [0.15, 0.2) is 24.3 Å². The lowest BCUT2D eigenvalue weighted by atomic mass is 10.2. The first-order valence-electron chi connectivity index (χ1n) is 7.49. The standard InChI is InChI=1S/C16H25NO2/c1-2-3-4-7-11-17-13-14-10-12-18-15-8-5-6-9-16(15)19-14/h5-6,8-9,14,17H,2-4,7,10-13H2,1H3. The van der Waals surface area contributed by atoms with Gasteiger partial charge in [0.1, 0.15) is 6.10 Å². The van der Waals surface area contributed by atoms with Gasteiger partial charge in [0.05, 0.1) is 6.61 Å². The molecule has 1 atom stereocenters. The molecule has 1 aliphatic rings. The van der Waals surface area contributed by atoms with Crippen LogP contribution >= 0.6 is 0 Å². The van der Waals surface area contributed by atoms with Crippen molar-refractivity contribution in [3.8, 4) is 11.5 Å². The number of benzene rings is 1. The predicted octanol–water partition coefficient (Wildman–Crippen LogP) is 3.39. The Kier molecular flexibility index (Phi) is 6.02. The molecule has 1 unspecified atom stereocenters. The van der Waals surface area contributed by atoms with Crippen molar-refractivity contribution in [1.29, 1.82) is 0 Å². The van der Waals surface area contributed by atoms with Crippen LogP contribution in [0.25, 0.3) is 0 Å². The van der Waals surface area contributed by atoms with Crippen molar-refractivity contribution in [3.05, 3.63) is 24.3 Å². The Hall–Kier alpha value is -1.22. The predicted molar refractivity (Wildman–Crippen MR) is 78.0 cm³/mol. The van der Waals surface area contributed by atoms with E-state index in [4.69, 9.17) is 9.47 Å². The summed E-state index contributed by atoms with van der Waals surface area (Å²) in [5.74, 6) is 1.74. The van der Waals surface area contributed by atoms with Crippen LogP contribution in [-0.2, 0) is 0 Å². The molecule has 1 N–H and O–H groups in total. The maximum Gasteiger partial charge on any atom is 0.161 e. The van der Waals surface area contributed by atoms with E-state index in [2.05, 4.69) is 12.2 Å². The highest BCUT2D eigenvalue weighted by Crippen LogP contribution is 2.30. The monoisotopic (exact) mass is 263 g/mol. The molecule has 0 radical (unpaired) electrons. The van der Waals surface area contributed by atoms with Crippen molar-refractivity contribution >= 4 is 0 Å². The smallest absolute Gasteiger partial charge is 0.161 e. The normalized spacial score (nSPS) is 18.1. The quantitative estimate of drug-likeness (QED) is 0.765. The van der Waals surface area contributed by atoms with Crippen molar-refractivity contribution in [2.75, 3.05) is 19.7 Å². The fourth-order valence-corrected chi connectivity index (χ4v) is 2.29. The molecule has 106 valence electrons. The van der Waals surface area contributed by atoms with Gasteiger partial charge in [-0.2, -0.15) is 0 Å². The van der Waals surface area contributed by atoms with E-state index < -0.39 is 0 Å². The summed E-state index contributed by atoms with van der Waals surface area (Å²) in [6.07, 6.45) is 6.36. The minimum absolute atomic E-state index is 0.217. The van der Waals surface area contributed by atoms with Gasteiger partial charge in [-0.3, -0.25) is 0 Å². The lowest BCUT2D eigenvalue weighted by Gasteiger charge is -2.16. The Morgan fingerprint density at radius 3 is 2.84 bits per heavy atom. The highest BCUT2D eigenvalue weighted by molar-refractivity contribution is 5.40. The first kappa shape index (κ1) is 14.2. The van der Waals surface area contributed by atoms with Crippen molar-refractivity contribution in [2.45, 2.75) is 45.1 Å². The van der Waals surface area contributed by atoms with Gasteiger partial charge in [-0.1, -0.05) is 38.3 Å². The Bertz CT molecular complexity index is 368. The molecule has 1 heterocycles. The summed E-state index contributed by atoms with van der Waals surface area (Å²) in [7, 11) is 0. The molecular weight excluding hydrogens is 238 g/mol. The van der Waals surface area contributed by atoms with Gasteiger partial charge in [0.15, 0.2) is 11.5 Å². The molecular formula is C16H25NO2. The van der Waals surface area contributed by atoms with Gasteiger partial charge in [0.25, 0.3) is 0 Å². The number of para-hydroxylation sites is 2. The molecule has 0 bridgehead atoms. The molecule has 0 fully saturated rings. The minimum atomic E-state index is 0.217. The van der Waals surface area contributed by atoms with Crippen molar-refractivity contribution in [1.82, 2.24) is 5.32 Å². The molecule has 3 nitrogen and oxygen atoms in total. The first-order chi connectivity index (χ1) is 9.40. The molecule has 0 aliphatic carbocycles. The van der Waals surface area contributed by atoms with Gasteiger partial charge in [0, 0.05) is 13.0 Å². The van der Waals surface area contributed by atoms with Gasteiger partial charge in [0.2, 0.25) is 0 Å². The summed E-state index contributed by atoms with van der Waals surface area (Å²) in [5, 5.41) is 3.49. The number of unbranched alkanes of at least 4 members (excludes halogenated alkanes) is 3. The van der Waals surface area contributed by atoms with Gasteiger partial charge in [-0.05, 0) is 25.1 Å². The molecule has 1 aromatic carbocycles. The highest BCUT2D eigenvalue weighted by atomic mass is 16.5. The van der Waals surface area contributed by atoms with E-state index in [9.17, 15) is 0 Å². The van der Waals surface area contributed by atoms with Crippen molar-refractivity contribution in [3.63, 3.8) is 0 Å². The van der Waals surface area contributed by atoms with Gasteiger partial charge in [-0.15, -0.1) is 0 Å². The number of hydrogen-bond donors (Lipinski definition) is 1. The highest BCUT2D eigenvalue weighted by Gasteiger charge is 2.17. The number of fused-ring (bicyclic) bond motifs is 1. The summed E-state index contributed by atoms with van der Waals surface area (Å²) in [6.45, 7) is 4.97. The van der Waals surface area contributed by atoms with Crippen LogP contribution in [0.4, 0.5) is 0 Å². The molecule has 0 saturated heterocycles. The topological polar surface area (TPSA) is 30.5 Å². The van der Waals surface area contributed by atoms with Crippen molar-refractivity contribution in [2.24, 2.45) is 0 Å². The zero-order valence-corrected chi connectivity index (χ0v) is 11.9. The van der Waals surface area contributed by atoms with E-state index in [1.165, 1.54) is 25.7 Å². The Morgan fingerprint density at radius 2 is 2.00 bits per heavy atom. The molecule has 0 aromatic heterocycles. The third kappa shape index (κ3) is 4.75. The molecule has 1 aromatic rings. The average Bonchev–Trinajstić information content (AvgIpc) is 2.64. The van der Waals surface area contributed by atoms with Crippen LogP contribution in [0, 0.1) is 0 Å². The number of ether oxygens (including phenoxy) is 2. The van der Waals surface area contributed by atoms with Crippen LogP contribution in [0.2, 0.25) is 0 Å². The summed E-state index contributed by atoms with van der Waals surface area (Å²) in [6, 6.07) is 7.92. The second kappa shape index (κ2) is 8.05. The second-order valence-corrected chi connectivity index (χ2v) is 5.09. The molecule has 0 amide bonds. The van der Waals surface area contributed by atoms with Crippen LogP contribution in [0.3, 0.4) is 0 Å². The SMILES string of the molecule is CCCCCCNCC1CCOc2ccccc2O1. The molecule has 0 saturated carbocycles. The number of hydrogen-bond acceptors (Lipinski definition) is 3. The summed E-state index contributed by atoms with van der Waals surface area (Å²) >= 11 is 0.